The second-order valence-electron chi connectivity index (χ2n) is 5.02. The number of aryl methyl sites for hydroxylation is 1. The molecule has 1 N–H and O–H groups in total. The molecule has 0 radical (unpaired) electrons. The van der Waals surface area contributed by atoms with Crippen LogP contribution >= 0.6 is 0 Å². The number of hydrogen-bond acceptors (Lipinski definition) is 3. The smallest absolute Gasteiger partial charge is 0.196 e. The van der Waals surface area contributed by atoms with E-state index in [-0.39, 0.29) is 5.78 Å². The highest BCUT2D eigenvalue weighted by Crippen LogP contribution is 2.12. The lowest BCUT2D eigenvalue weighted by molar-refractivity contribution is -0.111. The molecule has 1 saturated heterocycles. The van der Waals surface area contributed by atoms with Crippen molar-refractivity contribution in [2.45, 2.75) is 33.1 Å². The summed E-state index contributed by atoms with van der Waals surface area (Å²) >= 11 is 0. The summed E-state index contributed by atoms with van der Waals surface area (Å²) in [6.45, 7) is 5.47. The number of amidine groups is 1. The number of carbonyl (C=O) groups is 1. The molecule has 0 amide bonds. The Morgan fingerprint density at radius 3 is 2.37 bits per heavy atom. The Morgan fingerprint density at radius 1 is 1.16 bits per heavy atom. The molecule has 1 aliphatic heterocycles. The number of likely N-dealkylation sites (tertiary alicyclic amines) is 1. The minimum Gasteiger partial charge on any atom is -0.352 e. The molecule has 1 aromatic rings. The zero-order valence-corrected chi connectivity index (χ0v) is 11.6. The first-order valence-corrected chi connectivity index (χ1v) is 6.83. The molecule has 4 heteroatoms. The van der Waals surface area contributed by atoms with Crippen LogP contribution in [-0.4, -0.2) is 29.6 Å². The van der Waals surface area contributed by atoms with Gasteiger partial charge in [-0.15, -0.1) is 0 Å². The summed E-state index contributed by atoms with van der Waals surface area (Å²) in [6, 6.07) is 7.97. The number of nitrogens with one attached hydrogen (secondary N) is 1. The van der Waals surface area contributed by atoms with Gasteiger partial charge in [0.1, 0.15) is 0 Å². The average Bonchev–Trinajstić information content (AvgIpc) is 2.42. The fourth-order valence-electron chi connectivity index (χ4n) is 2.22. The summed E-state index contributed by atoms with van der Waals surface area (Å²) in [5, 5.41) is 4.29. The van der Waals surface area contributed by atoms with Crippen molar-refractivity contribution in [3.8, 4) is 0 Å². The number of rotatable bonds is 3. The maximum Gasteiger partial charge on any atom is 0.196 e. The van der Waals surface area contributed by atoms with Crippen LogP contribution in [0.1, 0.15) is 31.7 Å². The number of piperidine rings is 1. The van der Waals surface area contributed by atoms with Crippen LogP contribution in [0.5, 0.6) is 0 Å². The van der Waals surface area contributed by atoms with Crippen LogP contribution in [0.4, 0.5) is 5.69 Å². The van der Waals surface area contributed by atoms with Gasteiger partial charge in [0.25, 0.3) is 0 Å². The van der Waals surface area contributed by atoms with E-state index in [1.165, 1.54) is 12.0 Å². The molecule has 0 aromatic heterocycles. The Morgan fingerprint density at radius 2 is 1.79 bits per heavy atom. The number of nitrogens with zero attached hydrogens (tertiary/aromatic N) is 2. The predicted octanol–water partition coefficient (Wildman–Crippen LogP) is 2.80. The van der Waals surface area contributed by atoms with Crippen molar-refractivity contribution >= 4 is 17.3 Å². The quantitative estimate of drug-likeness (QED) is 0.516. The second kappa shape index (κ2) is 6.36. The van der Waals surface area contributed by atoms with Gasteiger partial charge in [0.2, 0.25) is 0 Å². The zero-order valence-electron chi connectivity index (χ0n) is 11.6. The van der Waals surface area contributed by atoms with Crippen molar-refractivity contribution in [3.63, 3.8) is 0 Å². The molecule has 0 atom stereocenters. The maximum atomic E-state index is 11.7. The number of hydrogen-bond donors (Lipinski definition) is 1. The van der Waals surface area contributed by atoms with Crippen molar-refractivity contribution in [2.75, 3.05) is 18.5 Å². The largest absolute Gasteiger partial charge is 0.352 e. The van der Waals surface area contributed by atoms with Gasteiger partial charge in [0.05, 0.1) is 5.69 Å². The van der Waals surface area contributed by atoms with Gasteiger partial charge in [-0.25, -0.2) is 0 Å². The van der Waals surface area contributed by atoms with E-state index in [1.807, 2.05) is 31.2 Å². The first kappa shape index (κ1) is 13.6. The van der Waals surface area contributed by atoms with E-state index >= 15 is 0 Å². The third-order valence-corrected chi connectivity index (χ3v) is 3.31. The standard InChI is InChI=1S/C15H21N3O/c1-12-6-8-14(9-7-12)16-17-15(13(2)19)18-10-4-3-5-11-18/h6-9,16H,3-5,10-11H2,1-2H3/b17-15-. The van der Waals surface area contributed by atoms with Gasteiger partial charge in [-0.05, 0) is 38.3 Å². The van der Waals surface area contributed by atoms with Crippen LogP contribution < -0.4 is 5.43 Å². The van der Waals surface area contributed by atoms with Crippen LogP contribution in [0.3, 0.4) is 0 Å². The first-order valence-electron chi connectivity index (χ1n) is 6.83. The normalized spacial score (nSPS) is 16.3. The molecule has 0 aliphatic carbocycles. The Balaban J connectivity index is 2.07. The van der Waals surface area contributed by atoms with E-state index in [4.69, 9.17) is 0 Å². The molecule has 0 unspecified atom stereocenters. The van der Waals surface area contributed by atoms with Crippen LogP contribution in [0, 0.1) is 6.92 Å². The van der Waals surface area contributed by atoms with Crippen LogP contribution in [0.15, 0.2) is 29.4 Å². The third-order valence-electron chi connectivity index (χ3n) is 3.31. The van der Waals surface area contributed by atoms with E-state index in [9.17, 15) is 4.79 Å². The minimum atomic E-state index is 0.0153. The molecule has 1 aliphatic rings. The molecule has 19 heavy (non-hydrogen) atoms. The summed E-state index contributed by atoms with van der Waals surface area (Å²) in [5.41, 5.74) is 5.09. The number of Topliss-reactive ketones (excluding diaryl/α,β-unsaturated/α-hetero) is 1. The van der Waals surface area contributed by atoms with E-state index < -0.39 is 0 Å². The van der Waals surface area contributed by atoms with Crippen LogP contribution in [0.2, 0.25) is 0 Å². The fraction of sp³-hybridized carbons (Fsp3) is 0.467. The van der Waals surface area contributed by atoms with Crippen molar-refractivity contribution in [2.24, 2.45) is 5.10 Å². The number of anilines is 1. The molecule has 1 heterocycles. The van der Waals surface area contributed by atoms with Crippen LogP contribution in [-0.2, 0) is 4.79 Å². The Labute approximate surface area is 114 Å². The lowest BCUT2D eigenvalue weighted by atomic mass is 10.1. The second-order valence-corrected chi connectivity index (χ2v) is 5.02. The number of ketones is 1. The van der Waals surface area contributed by atoms with Crippen LogP contribution in [0.25, 0.3) is 0 Å². The Bertz CT molecular complexity index is 459. The lowest BCUT2D eigenvalue weighted by Crippen LogP contribution is -2.39. The van der Waals surface area contributed by atoms with Crippen molar-refractivity contribution < 1.29 is 4.79 Å². The first-order chi connectivity index (χ1) is 9.16. The predicted molar refractivity (Wildman–Crippen MR) is 78.3 cm³/mol. The molecule has 102 valence electrons. The monoisotopic (exact) mass is 259 g/mol. The van der Waals surface area contributed by atoms with Gasteiger partial charge in [-0.3, -0.25) is 10.2 Å². The summed E-state index contributed by atoms with van der Waals surface area (Å²) in [4.78, 5) is 13.8. The highest BCUT2D eigenvalue weighted by atomic mass is 16.1. The van der Waals surface area contributed by atoms with Gasteiger partial charge in [-0.1, -0.05) is 17.7 Å². The molecule has 0 spiro atoms. The van der Waals surface area contributed by atoms with Gasteiger partial charge in [-0.2, -0.15) is 5.10 Å². The molecule has 0 saturated carbocycles. The Hall–Kier alpha value is -1.84. The summed E-state index contributed by atoms with van der Waals surface area (Å²) in [6.07, 6.45) is 3.51. The molecule has 2 rings (SSSR count). The number of carbonyl (C=O) groups excluding carboxylic acids is 1. The molecular formula is C15H21N3O. The van der Waals surface area contributed by atoms with E-state index in [1.54, 1.807) is 6.92 Å². The SMILES string of the molecule is CC(=O)/C(=N/Nc1ccc(C)cc1)N1CCCCC1. The lowest BCUT2D eigenvalue weighted by Gasteiger charge is -2.28. The van der Waals surface area contributed by atoms with Crippen molar-refractivity contribution in [1.82, 2.24) is 4.90 Å². The minimum absolute atomic E-state index is 0.0153. The molecule has 0 bridgehead atoms. The van der Waals surface area contributed by atoms with E-state index in [0.717, 1.165) is 31.6 Å². The van der Waals surface area contributed by atoms with Gasteiger partial charge >= 0.3 is 0 Å². The summed E-state index contributed by atoms with van der Waals surface area (Å²) < 4.78 is 0. The van der Waals surface area contributed by atoms with Gasteiger partial charge in [0, 0.05) is 20.0 Å². The van der Waals surface area contributed by atoms with Crippen molar-refractivity contribution in [1.29, 1.82) is 0 Å². The van der Waals surface area contributed by atoms with Gasteiger partial charge < -0.3 is 4.90 Å². The molecule has 4 nitrogen and oxygen atoms in total. The summed E-state index contributed by atoms with van der Waals surface area (Å²) in [5.74, 6) is 0.557. The van der Waals surface area contributed by atoms with Crippen molar-refractivity contribution in [3.05, 3.63) is 29.8 Å². The number of benzene rings is 1. The third kappa shape index (κ3) is 3.81. The highest BCUT2D eigenvalue weighted by molar-refractivity contribution is 6.37. The van der Waals surface area contributed by atoms with E-state index in [2.05, 4.69) is 15.4 Å². The average molecular weight is 259 g/mol. The molecule has 1 aromatic carbocycles. The Kier molecular flexibility index (Phi) is 4.55. The molecular weight excluding hydrogens is 238 g/mol. The fourth-order valence-corrected chi connectivity index (χ4v) is 2.22. The summed E-state index contributed by atoms with van der Waals surface area (Å²) in [7, 11) is 0. The van der Waals surface area contributed by atoms with E-state index in [0.29, 0.717) is 5.84 Å². The number of hydrazone groups is 1. The molecule has 1 fully saturated rings. The maximum absolute atomic E-state index is 11.7. The van der Waals surface area contributed by atoms with Gasteiger partial charge in [0.15, 0.2) is 11.6 Å². The highest BCUT2D eigenvalue weighted by Gasteiger charge is 2.18. The topological polar surface area (TPSA) is 44.7 Å². The zero-order chi connectivity index (χ0) is 13.7.